The molecule has 4 aromatic rings. The molecule has 4 N–H and O–H groups in total. The highest BCUT2D eigenvalue weighted by molar-refractivity contribution is 8.00. The van der Waals surface area contributed by atoms with E-state index in [-0.39, 0.29) is 17.0 Å². The molecule has 0 spiro atoms. The zero-order chi connectivity index (χ0) is 30.2. The number of nitrogens with zero attached hydrogens (tertiary/aromatic N) is 1. The maximum Gasteiger partial charge on any atom is 0.336 e. The summed E-state index contributed by atoms with van der Waals surface area (Å²) in [5, 5.41) is 26.1. The fourth-order valence-corrected chi connectivity index (χ4v) is 5.66. The predicted molar refractivity (Wildman–Crippen MR) is 162 cm³/mol. The Morgan fingerprint density at radius 1 is 0.929 bits per heavy atom. The third-order valence-corrected chi connectivity index (χ3v) is 8.09. The van der Waals surface area contributed by atoms with Crippen LogP contribution in [0, 0.1) is 0 Å². The first-order valence-corrected chi connectivity index (χ1v) is 14.6. The molecule has 1 atom stereocenters. The lowest BCUT2D eigenvalue weighted by Gasteiger charge is -2.15. The molecule has 0 radical (unpaired) electrons. The predicted octanol–water partition coefficient (Wildman–Crippen LogP) is 6.37. The molecule has 10 nitrogen and oxygen atoms in total. The lowest BCUT2D eigenvalue weighted by Crippen LogP contribution is -2.24. The maximum atomic E-state index is 13.1. The summed E-state index contributed by atoms with van der Waals surface area (Å²) in [6.07, 6.45) is 0.530. The first-order chi connectivity index (χ1) is 20.2. The number of benzene rings is 3. The minimum atomic E-state index is -1.42. The zero-order valence-corrected chi connectivity index (χ0v) is 24.3. The molecule has 0 saturated carbocycles. The molecule has 3 aromatic carbocycles. The Bertz CT molecular complexity index is 1620. The van der Waals surface area contributed by atoms with Crippen molar-refractivity contribution in [3.8, 4) is 17.0 Å². The van der Waals surface area contributed by atoms with Crippen molar-refractivity contribution in [3.05, 3.63) is 88.8 Å². The van der Waals surface area contributed by atoms with Gasteiger partial charge in [0.05, 0.1) is 34.2 Å². The molecule has 12 heteroatoms. The lowest BCUT2D eigenvalue weighted by atomic mass is 10.0. The maximum absolute atomic E-state index is 13.1. The first-order valence-electron chi connectivity index (χ1n) is 12.9. The number of aromatic carboxylic acids is 2. The van der Waals surface area contributed by atoms with Gasteiger partial charge in [-0.15, -0.1) is 23.1 Å². The number of thioether (sulfide) groups is 1. The molecule has 0 fully saturated rings. The second-order valence-electron chi connectivity index (χ2n) is 8.85. The number of amides is 2. The highest BCUT2D eigenvalue weighted by atomic mass is 32.2. The Kier molecular flexibility index (Phi) is 9.94. The first kappa shape index (κ1) is 30.3. The number of hydrogen-bond donors (Lipinski definition) is 4. The number of ether oxygens (including phenoxy) is 1. The third-order valence-electron chi connectivity index (χ3n) is 5.97. The van der Waals surface area contributed by atoms with Crippen LogP contribution in [-0.2, 0) is 4.79 Å². The molecular formula is C30H27N3O7S2. The molecule has 4 rings (SSSR count). The van der Waals surface area contributed by atoms with Crippen molar-refractivity contribution >= 4 is 57.7 Å². The summed E-state index contributed by atoms with van der Waals surface area (Å²) in [6, 6.07) is 17.7. The van der Waals surface area contributed by atoms with Crippen molar-refractivity contribution in [2.45, 2.75) is 30.4 Å². The van der Waals surface area contributed by atoms with Gasteiger partial charge in [0, 0.05) is 21.5 Å². The summed E-state index contributed by atoms with van der Waals surface area (Å²) in [6.45, 7) is 4.40. The third kappa shape index (κ3) is 7.53. The number of carbonyl (C=O) groups is 4. The Balaban J connectivity index is 1.41. The fraction of sp³-hybridized carbons (Fsp3) is 0.167. The van der Waals surface area contributed by atoms with Crippen LogP contribution in [0.1, 0.15) is 51.3 Å². The van der Waals surface area contributed by atoms with E-state index in [2.05, 4.69) is 15.6 Å². The largest absolute Gasteiger partial charge is 0.494 e. The fourth-order valence-electron chi connectivity index (χ4n) is 3.92. The molecule has 0 aliphatic heterocycles. The van der Waals surface area contributed by atoms with Crippen molar-refractivity contribution in [2.75, 3.05) is 17.2 Å². The van der Waals surface area contributed by atoms with Gasteiger partial charge in [-0.1, -0.05) is 13.0 Å². The van der Waals surface area contributed by atoms with Gasteiger partial charge in [0.15, 0.2) is 5.13 Å². The summed E-state index contributed by atoms with van der Waals surface area (Å²) in [7, 11) is 0. The van der Waals surface area contributed by atoms with E-state index in [1.165, 1.54) is 29.2 Å². The molecule has 0 bridgehead atoms. The number of carboxylic acids is 2. The van der Waals surface area contributed by atoms with Gasteiger partial charge >= 0.3 is 11.9 Å². The normalized spacial score (nSPS) is 11.4. The number of carbonyl (C=O) groups excluding carboxylic acids is 2. The Morgan fingerprint density at radius 3 is 2.36 bits per heavy atom. The average Bonchev–Trinajstić information content (AvgIpc) is 3.44. The standard InChI is InChI=1S/C30H27N3O7S2/c1-3-25(27(35)33-30-32-24(16-41-30)17-8-11-20(12-9-17)40-4-2)42-21-7-5-6-19(15-21)31-26(34)22-13-10-18(28(36)37)14-23(22)29(38)39/h5-16,25H,3-4H2,1-2H3,(H,31,34)(H,36,37)(H,38,39)(H,32,33,35). The highest BCUT2D eigenvalue weighted by Gasteiger charge is 2.21. The molecule has 42 heavy (non-hydrogen) atoms. The van der Waals surface area contributed by atoms with E-state index >= 15 is 0 Å². The Labute approximate surface area is 249 Å². The van der Waals surface area contributed by atoms with Crippen LogP contribution < -0.4 is 15.4 Å². The van der Waals surface area contributed by atoms with Crippen molar-refractivity contribution < 1.29 is 34.1 Å². The molecule has 0 aliphatic rings. The summed E-state index contributed by atoms with van der Waals surface area (Å²) in [5.41, 5.74) is 1.20. The smallest absolute Gasteiger partial charge is 0.336 e. The van der Waals surface area contributed by atoms with Crippen molar-refractivity contribution in [1.29, 1.82) is 0 Å². The van der Waals surface area contributed by atoms with Gasteiger partial charge < -0.3 is 25.6 Å². The average molecular weight is 606 g/mol. The summed E-state index contributed by atoms with van der Waals surface area (Å²) < 4.78 is 5.48. The summed E-state index contributed by atoms with van der Waals surface area (Å²) >= 11 is 2.64. The number of anilines is 2. The SMILES string of the molecule is CCOc1ccc(-c2csc(NC(=O)C(CC)Sc3cccc(NC(=O)c4ccc(C(=O)O)cc4C(=O)O)c3)n2)cc1. The van der Waals surface area contributed by atoms with Gasteiger partial charge in [-0.25, -0.2) is 14.6 Å². The van der Waals surface area contributed by atoms with Crippen LogP contribution in [0.25, 0.3) is 11.3 Å². The quantitative estimate of drug-likeness (QED) is 0.135. The number of nitrogens with one attached hydrogen (secondary N) is 2. The summed E-state index contributed by atoms with van der Waals surface area (Å²) in [4.78, 5) is 54.1. The molecule has 216 valence electrons. The van der Waals surface area contributed by atoms with E-state index < -0.39 is 28.7 Å². The highest BCUT2D eigenvalue weighted by Crippen LogP contribution is 2.31. The number of aromatic nitrogens is 1. The van der Waals surface area contributed by atoms with Crippen LogP contribution in [0.4, 0.5) is 10.8 Å². The van der Waals surface area contributed by atoms with E-state index in [4.69, 9.17) is 9.84 Å². The minimum absolute atomic E-state index is 0.176. The molecule has 0 saturated heterocycles. The summed E-state index contributed by atoms with van der Waals surface area (Å²) in [5.74, 6) is -2.86. The zero-order valence-electron chi connectivity index (χ0n) is 22.6. The molecule has 0 aliphatic carbocycles. The molecule has 1 heterocycles. The van der Waals surface area contributed by atoms with Crippen molar-refractivity contribution in [1.82, 2.24) is 4.98 Å². The van der Waals surface area contributed by atoms with Gasteiger partial charge in [-0.2, -0.15) is 0 Å². The van der Waals surface area contributed by atoms with E-state index in [0.717, 1.165) is 29.1 Å². The van der Waals surface area contributed by atoms with Crippen molar-refractivity contribution in [3.63, 3.8) is 0 Å². The van der Waals surface area contributed by atoms with Crippen LogP contribution in [-0.4, -0.2) is 50.8 Å². The monoisotopic (exact) mass is 605 g/mol. The van der Waals surface area contributed by atoms with Crippen LogP contribution in [0.5, 0.6) is 5.75 Å². The van der Waals surface area contributed by atoms with Gasteiger partial charge in [-0.3, -0.25) is 9.59 Å². The number of hydrogen-bond acceptors (Lipinski definition) is 8. The van der Waals surface area contributed by atoms with E-state index in [1.54, 1.807) is 24.3 Å². The van der Waals surface area contributed by atoms with Crippen LogP contribution in [0.15, 0.2) is 77.0 Å². The number of carboxylic acid groups (broad SMARTS) is 2. The second-order valence-corrected chi connectivity index (χ2v) is 11.0. The minimum Gasteiger partial charge on any atom is -0.494 e. The lowest BCUT2D eigenvalue weighted by molar-refractivity contribution is -0.115. The van der Waals surface area contributed by atoms with Gasteiger partial charge in [0.1, 0.15) is 5.75 Å². The van der Waals surface area contributed by atoms with Gasteiger partial charge in [0.25, 0.3) is 5.91 Å². The number of thiazole rings is 1. The Morgan fingerprint density at radius 2 is 1.69 bits per heavy atom. The van der Waals surface area contributed by atoms with E-state index in [9.17, 15) is 24.3 Å². The van der Waals surface area contributed by atoms with Gasteiger partial charge in [0.2, 0.25) is 5.91 Å². The second kappa shape index (κ2) is 13.8. The van der Waals surface area contributed by atoms with E-state index in [0.29, 0.717) is 28.7 Å². The van der Waals surface area contributed by atoms with Crippen LogP contribution >= 0.6 is 23.1 Å². The Hall–Kier alpha value is -4.68. The topological polar surface area (TPSA) is 155 Å². The molecule has 1 aromatic heterocycles. The van der Waals surface area contributed by atoms with E-state index in [1.807, 2.05) is 43.5 Å². The van der Waals surface area contributed by atoms with Crippen LogP contribution in [0.3, 0.4) is 0 Å². The van der Waals surface area contributed by atoms with Crippen LogP contribution in [0.2, 0.25) is 0 Å². The number of rotatable bonds is 12. The van der Waals surface area contributed by atoms with Gasteiger partial charge in [-0.05, 0) is 74.0 Å². The van der Waals surface area contributed by atoms with Crippen molar-refractivity contribution in [2.24, 2.45) is 0 Å². The molecule has 1 unspecified atom stereocenters. The molecular weight excluding hydrogens is 578 g/mol. The molecule has 2 amide bonds.